The van der Waals surface area contributed by atoms with Gasteiger partial charge in [-0.15, -0.1) is 0 Å². The lowest BCUT2D eigenvalue weighted by Gasteiger charge is -2.18. The van der Waals surface area contributed by atoms with E-state index in [1.54, 1.807) is 13.8 Å². The standard InChI is InChI=1S/C16H21N3O6S3/c1-3-19(4-2)28(24,25)16-11-9-15(10-12-16)27(22,23)18-13-5-7-14(8-6-13)26(17,20)21/h5-12,18H,3-4H2,1-2H3,(H2,17,20,21). The van der Waals surface area contributed by atoms with Crippen molar-refractivity contribution in [1.82, 2.24) is 4.31 Å². The van der Waals surface area contributed by atoms with E-state index in [9.17, 15) is 25.3 Å². The Kier molecular flexibility index (Phi) is 6.51. The van der Waals surface area contributed by atoms with Crippen LogP contribution in [0.2, 0.25) is 0 Å². The van der Waals surface area contributed by atoms with E-state index < -0.39 is 30.1 Å². The molecule has 0 amide bonds. The Labute approximate surface area is 165 Å². The average molecular weight is 448 g/mol. The maximum absolute atomic E-state index is 12.5. The molecule has 154 valence electrons. The van der Waals surface area contributed by atoms with Gasteiger partial charge in [-0.25, -0.2) is 30.4 Å². The first-order valence-corrected chi connectivity index (χ1v) is 12.6. The summed E-state index contributed by atoms with van der Waals surface area (Å²) in [6, 6.07) is 9.71. The Hall–Kier alpha value is -1.99. The van der Waals surface area contributed by atoms with Crippen molar-refractivity contribution >= 4 is 35.8 Å². The van der Waals surface area contributed by atoms with Crippen LogP contribution >= 0.6 is 0 Å². The molecule has 0 aliphatic heterocycles. The number of anilines is 1. The predicted molar refractivity (Wildman–Crippen MR) is 105 cm³/mol. The zero-order valence-corrected chi connectivity index (χ0v) is 17.7. The fourth-order valence-corrected chi connectivity index (χ4v) is 5.46. The van der Waals surface area contributed by atoms with E-state index in [1.165, 1.54) is 52.8 Å². The molecule has 2 aromatic rings. The third-order valence-corrected chi connectivity index (χ3v) is 8.30. The molecule has 2 aromatic carbocycles. The zero-order valence-electron chi connectivity index (χ0n) is 15.2. The molecule has 0 unspecified atom stereocenters. The monoisotopic (exact) mass is 447 g/mol. The molecule has 0 fully saturated rings. The van der Waals surface area contributed by atoms with Gasteiger partial charge in [0.1, 0.15) is 0 Å². The fourth-order valence-electron chi connectivity index (χ4n) is 2.43. The highest BCUT2D eigenvalue weighted by Gasteiger charge is 2.23. The Bertz CT molecular complexity index is 1140. The molecule has 0 aromatic heterocycles. The van der Waals surface area contributed by atoms with Crippen molar-refractivity contribution in [2.24, 2.45) is 5.14 Å². The van der Waals surface area contributed by atoms with E-state index in [0.717, 1.165) is 0 Å². The third kappa shape index (κ3) is 4.89. The van der Waals surface area contributed by atoms with Crippen LogP contribution in [0.5, 0.6) is 0 Å². The van der Waals surface area contributed by atoms with Crippen LogP contribution in [-0.4, -0.2) is 42.6 Å². The number of rotatable bonds is 8. The fraction of sp³-hybridized carbons (Fsp3) is 0.250. The van der Waals surface area contributed by atoms with E-state index in [2.05, 4.69) is 4.72 Å². The second kappa shape index (κ2) is 8.17. The van der Waals surface area contributed by atoms with Gasteiger partial charge in [0, 0.05) is 18.8 Å². The first-order valence-electron chi connectivity index (χ1n) is 8.17. The minimum Gasteiger partial charge on any atom is -0.280 e. The van der Waals surface area contributed by atoms with Crippen molar-refractivity contribution in [2.75, 3.05) is 17.8 Å². The van der Waals surface area contributed by atoms with Gasteiger partial charge in [0.05, 0.1) is 14.7 Å². The number of benzene rings is 2. The summed E-state index contributed by atoms with van der Waals surface area (Å²) in [5.74, 6) is 0. The number of nitrogens with one attached hydrogen (secondary N) is 1. The lowest BCUT2D eigenvalue weighted by molar-refractivity contribution is 0.445. The summed E-state index contributed by atoms with van der Waals surface area (Å²) >= 11 is 0. The van der Waals surface area contributed by atoms with Crippen molar-refractivity contribution in [3.05, 3.63) is 48.5 Å². The first kappa shape index (κ1) is 22.3. The van der Waals surface area contributed by atoms with Crippen LogP contribution < -0.4 is 9.86 Å². The molecule has 3 N–H and O–H groups in total. The van der Waals surface area contributed by atoms with E-state index in [-0.39, 0.29) is 20.4 Å². The molecule has 0 bridgehead atoms. The van der Waals surface area contributed by atoms with Gasteiger partial charge < -0.3 is 0 Å². The van der Waals surface area contributed by atoms with E-state index >= 15 is 0 Å². The Morgan fingerprint density at radius 1 is 0.750 bits per heavy atom. The second-order valence-corrected chi connectivity index (χ2v) is 10.9. The molecule has 0 saturated carbocycles. The van der Waals surface area contributed by atoms with Crippen molar-refractivity contribution < 1.29 is 25.3 Å². The Balaban J connectivity index is 2.27. The molecular weight excluding hydrogens is 426 g/mol. The highest BCUT2D eigenvalue weighted by molar-refractivity contribution is 7.92. The van der Waals surface area contributed by atoms with Crippen LogP contribution in [0, 0.1) is 0 Å². The summed E-state index contributed by atoms with van der Waals surface area (Å²) in [4.78, 5) is -0.296. The Morgan fingerprint density at radius 2 is 1.18 bits per heavy atom. The maximum atomic E-state index is 12.5. The molecule has 0 saturated heterocycles. The first-order chi connectivity index (χ1) is 12.9. The number of nitrogens with two attached hydrogens (primary N) is 1. The molecule has 9 nitrogen and oxygen atoms in total. The van der Waals surface area contributed by atoms with Gasteiger partial charge >= 0.3 is 0 Å². The SMILES string of the molecule is CCN(CC)S(=O)(=O)c1ccc(S(=O)(=O)Nc2ccc(S(N)(=O)=O)cc2)cc1. The summed E-state index contributed by atoms with van der Waals surface area (Å²) in [6.07, 6.45) is 0. The lowest BCUT2D eigenvalue weighted by Crippen LogP contribution is -2.30. The van der Waals surface area contributed by atoms with Gasteiger partial charge in [0.2, 0.25) is 20.0 Å². The minimum atomic E-state index is -3.99. The molecule has 12 heteroatoms. The second-order valence-electron chi connectivity index (χ2n) is 5.74. The number of nitrogens with zero attached hydrogens (tertiary/aromatic N) is 1. The average Bonchev–Trinajstić information content (AvgIpc) is 2.62. The number of primary sulfonamides is 1. The third-order valence-electron chi connectivity index (χ3n) is 3.91. The van der Waals surface area contributed by atoms with Crippen molar-refractivity contribution in [2.45, 2.75) is 28.5 Å². The van der Waals surface area contributed by atoms with Gasteiger partial charge in [0.25, 0.3) is 10.0 Å². The van der Waals surface area contributed by atoms with Gasteiger partial charge in [0.15, 0.2) is 0 Å². The topological polar surface area (TPSA) is 144 Å². The minimum absolute atomic E-state index is 0.00680. The lowest BCUT2D eigenvalue weighted by atomic mass is 10.3. The molecular formula is C16H21N3O6S3. The summed E-state index contributed by atoms with van der Waals surface area (Å²) < 4.78 is 75.9. The number of sulfonamides is 3. The highest BCUT2D eigenvalue weighted by Crippen LogP contribution is 2.21. The van der Waals surface area contributed by atoms with Crippen molar-refractivity contribution in [1.29, 1.82) is 0 Å². The number of hydrogen-bond acceptors (Lipinski definition) is 6. The van der Waals surface area contributed by atoms with E-state index in [1.807, 2.05) is 0 Å². The van der Waals surface area contributed by atoms with E-state index in [0.29, 0.717) is 13.1 Å². The van der Waals surface area contributed by atoms with Crippen molar-refractivity contribution in [3.63, 3.8) is 0 Å². The Morgan fingerprint density at radius 3 is 1.61 bits per heavy atom. The summed E-state index contributed by atoms with van der Waals surface area (Å²) in [6.45, 7) is 4.03. The molecule has 0 spiro atoms. The summed E-state index contributed by atoms with van der Waals surface area (Å²) in [7, 11) is -11.6. The van der Waals surface area contributed by atoms with Gasteiger partial charge in [-0.2, -0.15) is 4.31 Å². The quantitative estimate of drug-likeness (QED) is 0.621. The van der Waals surface area contributed by atoms with Crippen LogP contribution in [0.4, 0.5) is 5.69 Å². The maximum Gasteiger partial charge on any atom is 0.261 e. The summed E-state index contributed by atoms with van der Waals surface area (Å²) in [5, 5.41) is 5.00. The van der Waals surface area contributed by atoms with Crippen LogP contribution in [0.25, 0.3) is 0 Å². The number of hydrogen-bond donors (Lipinski definition) is 2. The molecule has 0 aliphatic rings. The zero-order chi connectivity index (χ0) is 21.2. The molecule has 0 aliphatic carbocycles. The molecule has 0 heterocycles. The van der Waals surface area contributed by atoms with Crippen LogP contribution in [0.15, 0.2) is 63.2 Å². The van der Waals surface area contributed by atoms with Crippen LogP contribution in [-0.2, 0) is 30.1 Å². The van der Waals surface area contributed by atoms with Crippen LogP contribution in [0.1, 0.15) is 13.8 Å². The van der Waals surface area contributed by atoms with Gasteiger partial charge in [-0.3, -0.25) is 4.72 Å². The highest BCUT2D eigenvalue weighted by atomic mass is 32.2. The molecule has 2 rings (SSSR count). The van der Waals surface area contributed by atoms with Crippen LogP contribution in [0.3, 0.4) is 0 Å². The molecule has 0 radical (unpaired) electrons. The molecule has 0 atom stereocenters. The summed E-state index contributed by atoms with van der Waals surface area (Å²) in [5.41, 5.74) is 0.132. The normalized spacial score (nSPS) is 12.9. The van der Waals surface area contributed by atoms with Crippen molar-refractivity contribution in [3.8, 4) is 0 Å². The van der Waals surface area contributed by atoms with E-state index in [4.69, 9.17) is 5.14 Å². The smallest absolute Gasteiger partial charge is 0.261 e. The van der Waals surface area contributed by atoms with Gasteiger partial charge in [-0.1, -0.05) is 13.8 Å². The van der Waals surface area contributed by atoms with Gasteiger partial charge in [-0.05, 0) is 48.5 Å². The largest absolute Gasteiger partial charge is 0.280 e. The predicted octanol–water partition coefficient (Wildman–Crippen LogP) is 1.17. The molecule has 28 heavy (non-hydrogen) atoms.